The highest BCUT2D eigenvalue weighted by Crippen LogP contribution is 2.30. The second-order valence-electron chi connectivity index (χ2n) is 4.29. The van der Waals surface area contributed by atoms with Crippen LogP contribution in [0.3, 0.4) is 0 Å². The van der Waals surface area contributed by atoms with Crippen LogP contribution in [0.2, 0.25) is 0 Å². The highest BCUT2D eigenvalue weighted by molar-refractivity contribution is 5.78. The Bertz CT molecular complexity index is 213. The van der Waals surface area contributed by atoms with Gasteiger partial charge < -0.3 is 14.8 Å². The summed E-state index contributed by atoms with van der Waals surface area (Å²) in [7, 11) is 0. The van der Waals surface area contributed by atoms with Crippen LogP contribution >= 0.6 is 0 Å². The van der Waals surface area contributed by atoms with E-state index < -0.39 is 0 Å². The van der Waals surface area contributed by atoms with Crippen molar-refractivity contribution < 1.29 is 14.3 Å². The van der Waals surface area contributed by atoms with Crippen molar-refractivity contribution in [2.45, 2.75) is 25.4 Å². The molecule has 4 heteroatoms. The van der Waals surface area contributed by atoms with Crippen molar-refractivity contribution in [2.75, 3.05) is 26.4 Å². The maximum atomic E-state index is 11.0. The lowest BCUT2D eigenvalue weighted by molar-refractivity contribution is -0.157. The lowest BCUT2D eigenvalue weighted by Crippen LogP contribution is -2.56. The number of hydrogen-bond donors (Lipinski definition) is 1. The predicted molar refractivity (Wildman–Crippen MR) is 50.9 cm³/mol. The summed E-state index contributed by atoms with van der Waals surface area (Å²) in [5.74, 6) is 0.399. The molecule has 2 rings (SSSR count). The third kappa shape index (κ3) is 1.91. The van der Waals surface area contributed by atoms with Crippen LogP contribution in [0.25, 0.3) is 0 Å². The molecular weight excluding hydrogens is 182 g/mol. The number of morpholine rings is 1. The van der Waals surface area contributed by atoms with Crippen LogP contribution in [0.1, 0.15) is 19.8 Å². The van der Waals surface area contributed by atoms with Gasteiger partial charge in [-0.2, -0.15) is 0 Å². The quantitative estimate of drug-likeness (QED) is 0.661. The number of carbonyl (C=O) groups is 1. The number of hydrogen-bond acceptors (Lipinski definition) is 3. The zero-order valence-corrected chi connectivity index (χ0v) is 8.54. The average molecular weight is 199 g/mol. The van der Waals surface area contributed by atoms with Crippen LogP contribution in [0, 0.1) is 5.92 Å². The van der Waals surface area contributed by atoms with Gasteiger partial charge in [0.1, 0.15) is 6.61 Å². The Morgan fingerprint density at radius 2 is 2.43 bits per heavy atom. The van der Waals surface area contributed by atoms with Crippen molar-refractivity contribution in [1.82, 2.24) is 5.32 Å². The zero-order valence-electron chi connectivity index (χ0n) is 8.54. The molecule has 0 radical (unpaired) electrons. The van der Waals surface area contributed by atoms with Gasteiger partial charge in [-0.05, 0) is 19.8 Å². The number of rotatable bonds is 1. The first kappa shape index (κ1) is 9.93. The minimum atomic E-state index is -0.228. The highest BCUT2D eigenvalue weighted by atomic mass is 16.5. The van der Waals surface area contributed by atoms with E-state index in [4.69, 9.17) is 9.47 Å². The molecule has 0 aromatic rings. The molecule has 0 saturated carbocycles. The summed E-state index contributed by atoms with van der Waals surface area (Å²) < 4.78 is 11.1. The summed E-state index contributed by atoms with van der Waals surface area (Å²) in [6.07, 6.45) is 2.23. The van der Waals surface area contributed by atoms with Crippen molar-refractivity contribution in [1.29, 1.82) is 0 Å². The van der Waals surface area contributed by atoms with E-state index in [-0.39, 0.29) is 18.1 Å². The van der Waals surface area contributed by atoms with Gasteiger partial charge in [-0.25, -0.2) is 0 Å². The first-order valence-electron chi connectivity index (χ1n) is 5.19. The molecule has 0 aromatic carbocycles. The van der Waals surface area contributed by atoms with E-state index >= 15 is 0 Å². The van der Waals surface area contributed by atoms with E-state index in [1.807, 2.05) is 0 Å². The zero-order chi connectivity index (χ0) is 10.0. The second-order valence-corrected chi connectivity index (χ2v) is 4.29. The number of ether oxygens (including phenoxy) is 2. The number of carbonyl (C=O) groups excluding carboxylic acids is 1. The van der Waals surface area contributed by atoms with Gasteiger partial charge in [0.05, 0.1) is 12.2 Å². The standard InChI is InChI=1S/C10H17NO3/c1-10(7-11-9(12)6-14-10)8-3-2-4-13-5-8/h8H,2-7H2,1H3,(H,11,12). The lowest BCUT2D eigenvalue weighted by Gasteiger charge is -2.41. The first-order chi connectivity index (χ1) is 6.71. The molecule has 0 bridgehead atoms. The van der Waals surface area contributed by atoms with Gasteiger partial charge in [0.15, 0.2) is 0 Å². The van der Waals surface area contributed by atoms with Crippen LogP contribution in [0.5, 0.6) is 0 Å². The number of nitrogens with one attached hydrogen (secondary N) is 1. The molecule has 0 spiro atoms. The fraction of sp³-hybridized carbons (Fsp3) is 0.900. The normalized spacial score (nSPS) is 39.2. The van der Waals surface area contributed by atoms with Crippen molar-refractivity contribution in [3.8, 4) is 0 Å². The third-order valence-corrected chi connectivity index (χ3v) is 3.19. The predicted octanol–water partition coefficient (Wildman–Crippen LogP) is 0.318. The topological polar surface area (TPSA) is 47.6 Å². The maximum absolute atomic E-state index is 11.0. The van der Waals surface area contributed by atoms with Crippen LogP contribution in [0.4, 0.5) is 0 Å². The molecule has 2 unspecified atom stereocenters. The fourth-order valence-electron chi connectivity index (χ4n) is 2.09. The molecule has 0 aromatic heterocycles. The van der Waals surface area contributed by atoms with Crippen molar-refractivity contribution in [3.63, 3.8) is 0 Å². The molecule has 2 heterocycles. The van der Waals surface area contributed by atoms with Crippen molar-refractivity contribution >= 4 is 5.91 Å². The molecule has 2 aliphatic rings. The Labute approximate surface area is 84.0 Å². The molecule has 14 heavy (non-hydrogen) atoms. The van der Waals surface area contributed by atoms with Crippen LogP contribution in [-0.4, -0.2) is 37.9 Å². The molecule has 1 N–H and O–H groups in total. The van der Waals surface area contributed by atoms with E-state index in [1.54, 1.807) is 0 Å². The molecule has 2 saturated heterocycles. The van der Waals surface area contributed by atoms with Gasteiger partial charge in [0, 0.05) is 19.1 Å². The summed E-state index contributed by atoms with van der Waals surface area (Å²) in [4.78, 5) is 11.0. The largest absolute Gasteiger partial charge is 0.381 e. The molecule has 80 valence electrons. The minimum Gasteiger partial charge on any atom is -0.381 e. The molecular formula is C10H17NO3. The van der Waals surface area contributed by atoms with E-state index in [1.165, 1.54) is 0 Å². The summed E-state index contributed by atoms with van der Waals surface area (Å²) in [5.41, 5.74) is -0.228. The molecule has 2 fully saturated rings. The van der Waals surface area contributed by atoms with E-state index in [2.05, 4.69) is 12.2 Å². The number of amides is 1. The molecule has 0 aliphatic carbocycles. The van der Waals surface area contributed by atoms with Gasteiger partial charge in [-0.15, -0.1) is 0 Å². The fourth-order valence-corrected chi connectivity index (χ4v) is 2.09. The van der Waals surface area contributed by atoms with Crippen LogP contribution in [-0.2, 0) is 14.3 Å². The lowest BCUT2D eigenvalue weighted by atomic mass is 9.84. The Kier molecular flexibility index (Phi) is 2.74. The monoisotopic (exact) mass is 199 g/mol. The Morgan fingerprint density at radius 3 is 3.00 bits per heavy atom. The van der Waals surface area contributed by atoms with Gasteiger partial charge in [0.2, 0.25) is 5.91 Å². The molecule has 1 amide bonds. The highest BCUT2D eigenvalue weighted by Gasteiger charge is 2.39. The van der Waals surface area contributed by atoms with Crippen LogP contribution in [0.15, 0.2) is 0 Å². The Balaban J connectivity index is 1.96. The van der Waals surface area contributed by atoms with Gasteiger partial charge in [-0.1, -0.05) is 0 Å². The first-order valence-corrected chi connectivity index (χ1v) is 5.19. The summed E-state index contributed by atoms with van der Waals surface area (Å²) in [6.45, 7) is 4.48. The van der Waals surface area contributed by atoms with E-state index in [0.29, 0.717) is 12.5 Å². The Hall–Kier alpha value is -0.610. The average Bonchev–Trinajstić information content (AvgIpc) is 2.24. The summed E-state index contributed by atoms with van der Waals surface area (Å²) in [5, 5.41) is 2.85. The minimum absolute atomic E-state index is 0.0146. The SMILES string of the molecule is CC1(C2CCCOC2)CNC(=O)CO1. The van der Waals surface area contributed by atoms with Crippen molar-refractivity contribution in [3.05, 3.63) is 0 Å². The molecule has 2 aliphatic heterocycles. The van der Waals surface area contributed by atoms with Gasteiger partial charge in [0.25, 0.3) is 0 Å². The molecule has 4 nitrogen and oxygen atoms in total. The van der Waals surface area contributed by atoms with E-state index in [9.17, 15) is 4.79 Å². The maximum Gasteiger partial charge on any atom is 0.246 e. The van der Waals surface area contributed by atoms with Gasteiger partial charge in [-0.3, -0.25) is 4.79 Å². The van der Waals surface area contributed by atoms with Gasteiger partial charge >= 0.3 is 0 Å². The smallest absolute Gasteiger partial charge is 0.246 e. The third-order valence-electron chi connectivity index (χ3n) is 3.19. The van der Waals surface area contributed by atoms with Crippen LogP contribution < -0.4 is 5.32 Å². The van der Waals surface area contributed by atoms with Crippen molar-refractivity contribution in [2.24, 2.45) is 5.92 Å². The Morgan fingerprint density at radius 1 is 1.57 bits per heavy atom. The van der Waals surface area contributed by atoms with E-state index in [0.717, 1.165) is 26.1 Å². The second kappa shape index (κ2) is 3.87. The molecule has 2 atom stereocenters. The summed E-state index contributed by atoms with van der Waals surface area (Å²) in [6, 6.07) is 0. The summed E-state index contributed by atoms with van der Waals surface area (Å²) >= 11 is 0.